The average Bonchev–Trinajstić information content (AvgIpc) is 2.38. The van der Waals surface area contributed by atoms with Gasteiger partial charge < -0.3 is 9.47 Å². The SMILES string of the molecule is COC(=O)C(C)=CCOc1ccc(SC)cc1. The monoisotopic (exact) mass is 252 g/mol. The van der Waals surface area contributed by atoms with Gasteiger partial charge in [0.2, 0.25) is 0 Å². The summed E-state index contributed by atoms with van der Waals surface area (Å²) in [5.41, 5.74) is 0.549. The highest BCUT2D eigenvalue weighted by Crippen LogP contribution is 2.18. The van der Waals surface area contributed by atoms with Crippen molar-refractivity contribution in [2.24, 2.45) is 0 Å². The number of hydrogen-bond acceptors (Lipinski definition) is 4. The molecule has 0 amide bonds. The van der Waals surface area contributed by atoms with Gasteiger partial charge in [0.15, 0.2) is 0 Å². The summed E-state index contributed by atoms with van der Waals surface area (Å²) >= 11 is 1.68. The molecule has 0 fully saturated rings. The van der Waals surface area contributed by atoms with Crippen molar-refractivity contribution in [1.82, 2.24) is 0 Å². The molecule has 1 rings (SSSR count). The zero-order chi connectivity index (χ0) is 12.7. The molecule has 0 bridgehead atoms. The predicted octanol–water partition coefficient (Wildman–Crippen LogP) is 2.91. The molecule has 0 spiro atoms. The van der Waals surface area contributed by atoms with E-state index >= 15 is 0 Å². The zero-order valence-electron chi connectivity index (χ0n) is 10.2. The molecule has 0 radical (unpaired) electrons. The van der Waals surface area contributed by atoms with Crippen LogP contribution in [0.25, 0.3) is 0 Å². The Morgan fingerprint density at radius 3 is 2.53 bits per heavy atom. The lowest BCUT2D eigenvalue weighted by Crippen LogP contribution is -2.04. The quantitative estimate of drug-likeness (QED) is 0.458. The standard InChI is InChI=1S/C13H16O3S/c1-10(13(14)15-2)8-9-16-11-4-6-12(17-3)7-5-11/h4-8H,9H2,1-3H3. The van der Waals surface area contributed by atoms with Gasteiger partial charge in [0, 0.05) is 10.5 Å². The van der Waals surface area contributed by atoms with Crippen LogP contribution in [0, 0.1) is 0 Å². The van der Waals surface area contributed by atoms with E-state index in [-0.39, 0.29) is 5.97 Å². The minimum absolute atomic E-state index is 0.327. The topological polar surface area (TPSA) is 35.5 Å². The van der Waals surface area contributed by atoms with Crippen LogP contribution in [0.4, 0.5) is 0 Å². The summed E-state index contributed by atoms with van der Waals surface area (Å²) in [5, 5.41) is 0. The van der Waals surface area contributed by atoms with Crippen LogP contribution in [0.2, 0.25) is 0 Å². The molecule has 4 heteroatoms. The normalized spacial score (nSPS) is 11.1. The summed E-state index contributed by atoms with van der Waals surface area (Å²) in [6, 6.07) is 7.81. The molecule has 0 aliphatic rings. The third-order valence-electron chi connectivity index (χ3n) is 2.21. The minimum atomic E-state index is -0.327. The van der Waals surface area contributed by atoms with Crippen LogP contribution in [0.5, 0.6) is 5.75 Å². The predicted molar refractivity (Wildman–Crippen MR) is 69.5 cm³/mol. The van der Waals surface area contributed by atoms with E-state index in [1.165, 1.54) is 12.0 Å². The zero-order valence-corrected chi connectivity index (χ0v) is 11.0. The van der Waals surface area contributed by atoms with E-state index in [2.05, 4.69) is 4.74 Å². The van der Waals surface area contributed by atoms with Crippen molar-refractivity contribution >= 4 is 17.7 Å². The fourth-order valence-electron chi connectivity index (χ4n) is 1.18. The Morgan fingerprint density at radius 2 is 2.00 bits per heavy atom. The summed E-state index contributed by atoms with van der Waals surface area (Å²) in [6.07, 6.45) is 3.73. The van der Waals surface area contributed by atoms with E-state index in [9.17, 15) is 4.79 Å². The molecule has 3 nitrogen and oxygen atoms in total. The molecule has 0 aliphatic carbocycles. The van der Waals surface area contributed by atoms with Gasteiger partial charge in [0.25, 0.3) is 0 Å². The average molecular weight is 252 g/mol. The van der Waals surface area contributed by atoms with E-state index in [4.69, 9.17) is 4.74 Å². The number of thioether (sulfide) groups is 1. The Labute approximate surface area is 106 Å². The van der Waals surface area contributed by atoms with Gasteiger partial charge in [-0.05, 0) is 43.5 Å². The van der Waals surface area contributed by atoms with Crippen LogP contribution in [-0.2, 0) is 9.53 Å². The van der Waals surface area contributed by atoms with Gasteiger partial charge in [0.05, 0.1) is 7.11 Å². The number of ether oxygens (including phenoxy) is 2. The first-order valence-corrected chi connectivity index (χ1v) is 6.41. The van der Waals surface area contributed by atoms with E-state index in [0.717, 1.165) is 5.75 Å². The van der Waals surface area contributed by atoms with Crippen molar-refractivity contribution < 1.29 is 14.3 Å². The number of benzene rings is 1. The summed E-state index contributed by atoms with van der Waals surface area (Å²) in [7, 11) is 1.36. The number of esters is 1. The van der Waals surface area contributed by atoms with E-state index < -0.39 is 0 Å². The Hall–Kier alpha value is -1.42. The molecular weight excluding hydrogens is 236 g/mol. The molecule has 0 saturated carbocycles. The molecule has 0 saturated heterocycles. The van der Waals surface area contributed by atoms with Crippen molar-refractivity contribution in [1.29, 1.82) is 0 Å². The fourth-order valence-corrected chi connectivity index (χ4v) is 1.59. The van der Waals surface area contributed by atoms with Crippen molar-refractivity contribution in [2.45, 2.75) is 11.8 Å². The molecule has 1 aromatic rings. The van der Waals surface area contributed by atoms with Crippen molar-refractivity contribution in [3.8, 4) is 5.75 Å². The highest BCUT2D eigenvalue weighted by atomic mass is 32.2. The molecule has 0 unspecified atom stereocenters. The molecular formula is C13H16O3S. The van der Waals surface area contributed by atoms with Crippen LogP contribution in [0.1, 0.15) is 6.92 Å². The number of hydrogen-bond donors (Lipinski definition) is 0. The maximum Gasteiger partial charge on any atom is 0.333 e. The van der Waals surface area contributed by atoms with Crippen LogP contribution in [-0.4, -0.2) is 25.9 Å². The lowest BCUT2D eigenvalue weighted by Gasteiger charge is -2.04. The third-order valence-corrected chi connectivity index (χ3v) is 2.95. The number of methoxy groups -OCH3 is 1. The van der Waals surface area contributed by atoms with Gasteiger partial charge in [0.1, 0.15) is 12.4 Å². The lowest BCUT2D eigenvalue weighted by atomic mass is 10.3. The molecule has 0 heterocycles. The Kier molecular flexibility index (Phi) is 5.63. The largest absolute Gasteiger partial charge is 0.490 e. The summed E-state index contributed by atoms with van der Waals surface area (Å²) in [6.45, 7) is 2.06. The second-order valence-electron chi connectivity index (χ2n) is 3.37. The van der Waals surface area contributed by atoms with Gasteiger partial charge in [-0.25, -0.2) is 4.79 Å². The second kappa shape index (κ2) is 7.01. The third kappa shape index (κ3) is 4.53. The van der Waals surface area contributed by atoms with Crippen LogP contribution in [0.15, 0.2) is 40.8 Å². The van der Waals surface area contributed by atoms with Crippen LogP contribution < -0.4 is 4.74 Å². The van der Waals surface area contributed by atoms with E-state index in [1.807, 2.05) is 30.5 Å². The first-order chi connectivity index (χ1) is 8.17. The van der Waals surface area contributed by atoms with Gasteiger partial charge >= 0.3 is 5.97 Å². The van der Waals surface area contributed by atoms with Crippen molar-refractivity contribution in [3.05, 3.63) is 35.9 Å². The van der Waals surface area contributed by atoms with Crippen LogP contribution >= 0.6 is 11.8 Å². The Bertz CT molecular complexity index is 396. The number of carbonyl (C=O) groups excluding carboxylic acids is 1. The highest BCUT2D eigenvalue weighted by molar-refractivity contribution is 7.98. The van der Waals surface area contributed by atoms with Crippen molar-refractivity contribution in [2.75, 3.05) is 20.0 Å². The maximum atomic E-state index is 11.1. The molecule has 0 aromatic heterocycles. The summed E-state index contributed by atoms with van der Waals surface area (Å²) < 4.78 is 10.1. The van der Waals surface area contributed by atoms with Gasteiger partial charge in [-0.15, -0.1) is 11.8 Å². The Morgan fingerprint density at radius 1 is 1.35 bits per heavy atom. The van der Waals surface area contributed by atoms with E-state index in [0.29, 0.717) is 12.2 Å². The smallest absolute Gasteiger partial charge is 0.333 e. The van der Waals surface area contributed by atoms with Gasteiger partial charge in [-0.2, -0.15) is 0 Å². The van der Waals surface area contributed by atoms with Crippen molar-refractivity contribution in [3.63, 3.8) is 0 Å². The van der Waals surface area contributed by atoms with E-state index in [1.54, 1.807) is 24.8 Å². The summed E-state index contributed by atoms with van der Waals surface area (Å²) in [5.74, 6) is 0.461. The maximum absolute atomic E-state index is 11.1. The molecule has 0 aliphatic heterocycles. The first-order valence-electron chi connectivity index (χ1n) is 5.19. The molecule has 92 valence electrons. The molecule has 17 heavy (non-hydrogen) atoms. The molecule has 1 aromatic carbocycles. The lowest BCUT2D eigenvalue weighted by molar-refractivity contribution is -0.136. The highest BCUT2D eigenvalue weighted by Gasteiger charge is 2.01. The second-order valence-corrected chi connectivity index (χ2v) is 4.24. The first kappa shape index (κ1) is 13.6. The molecule has 0 N–H and O–H groups in total. The fraction of sp³-hybridized carbons (Fsp3) is 0.308. The van der Waals surface area contributed by atoms with Gasteiger partial charge in [-0.1, -0.05) is 0 Å². The van der Waals surface area contributed by atoms with Crippen LogP contribution in [0.3, 0.4) is 0 Å². The molecule has 0 atom stereocenters. The summed E-state index contributed by atoms with van der Waals surface area (Å²) in [4.78, 5) is 12.3. The minimum Gasteiger partial charge on any atom is -0.490 e. The van der Waals surface area contributed by atoms with Gasteiger partial charge in [-0.3, -0.25) is 0 Å². The number of rotatable bonds is 5. The Balaban J connectivity index is 2.47. The number of carbonyl (C=O) groups is 1.